The van der Waals surface area contributed by atoms with E-state index >= 15 is 0 Å². The Morgan fingerprint density at radius 3 is 2.57 bits per heavy atom. The minimum Gasteiger partial charge on any atom is -0.504 e. The number of phenolic OH excluding ortho intramolecular Hbond substituents is 1. The molecular formula is C40H54N4O5. The lowest BCUT2D eigenvalue weighted by Crippen LogP contribution is -2.25. The Balaban J connectivity index is 1.03. The molecule has 0 bridgehead atoms. The second-order valence-corrected chi connectivity index (χ2v) is 14.7. The van der Waals surface area contributed by atoms with Gasteiger partial charge >= 0.3 is 0 Å². The minimum absolute atomic E-state index is 0.0361. The van der Waals surface area contributed by atoms with Gasteiger partial charge in [0.2, 0.25) is 0 Å². The van der Waals surface area contributed by atoms with Gasteiger partial charge in [-0.05, 0) is 78.8 Å². The number of carbonyl (C=O) groups is 1. The van der Waals surface area contributed by atoms with Gasteiger partial charge in [-0.1, -0.05) is 75.3 Å². The van der Waals surface area contributed by atoms with Crippen molar-refractivity contribution >= 4 is 16.7 Å². The maximum absolute atomic E-state index is 12.7. The molecule has 264 valence electrons. The molecule has 9 nitrogen and oxygen atoms in total. The fourth-order valence-corrected chi connectivity index (χ4v) is 8.31. The number of aromatic nitrogens is 2. The van der Waals surface area contributed by atoms with Crippen LogP contribution in [0.4, 0.5) is 0 Å². The number of nitrogens with one attached hydrogen (secondary N) is 1. The number of ketones is 1. The Morgan fingerprint density at radius 1 is 1.00 bits per heavy atom. The Labute approximate surface area is 289 Å². The van der Waals surface area contributed by atoms with Crippen molar-refractivity contribution in [2.75, 3.05) is 0 Å². The van der Waals surface area contributed by atoms with Crippen LogP contribution in [0.1, 0.15) is 118 Å². The highest BCUT2D eigenvalue weighted by Crippen LogP contribution is 2.49. The molecule has 0 aliphatic heterocycles. The number of hydrogen-bond donors (Lipinski definition) is 6. The number of aromatic amines is 1. The number of aromatic hydroxyl groups is 1. The Kier molecular flexibility index (Phi) is 11.4. The third kappa shape index (κ3) is 8.58. The second-order valence-electron chi connectivity index (χ2n) is 14.7. The monoisotopic (exact) mass is 670 g/mol. The summed E-state index contributed by atoms with van der Waals surface area (Å²) in [5, 5.41) is 32.6. The van der Waals surface area contributed by atoms with E-state index in [9.17, 15) is 20.1 Å². The average molecular weight is 671 g/mol. The van der Waals surface area contributed by atoms with Crippen LogP contribution in [0.3, 0.4) is 0 Å². The largest absolute Gasteiger partial charge is 0.504 e. The molecular weight excluding hydrogens is 616 g/mol. The van der Waals surface area contributed by atoms with Gasteiger partial charge in [-0.25, -0.2) is 0 Å². The molecule has 6 rings (SSSR count). The van der Waals surface area contributed by atoms with Gasteiger partial charge in [-0.15, -0.1) is 0 Å². The number of aliphatic hydroxyl groups is 2. The number of nitrogens with two attached hydrogens (primary N) is 2. The highest BCUT2D eigenvalue weighted by molar-refractivity contribution is 5.85. The number of ether oxygens (including phenoxy) is 1. The number of phenols is 1. The van der Waals surface area contributed by atoms with Crippen LogP contribution in [0.2, 0.25) is 0 Å². The summed E-state index contributed by atoms with van der Waals surface area (Å²) in [6.45, 7) is 0.206. The van der Waals surface area contributed by atoms with E-state index in [1.165, 1.54) is 43.2 Å². The first-order valence-electron chi connectivity index (χ1n) is 18.3. The molecule has 0 spiro atoms. The van der Waals surface area contributed by atoms with Crippen LogP contribution < -0.4 is 16.2 Å². The third-order valence-corrected chi connectivity index (χ3v) is 11.1. The quantitative estimate of drug-likeness (QED) is 0.0711. The Hall–Kier alpha value is -3.63. The SMILES string of the molecule is NC(N)c1cccc(C2(c3c[nH]c4cn(COc5cc(CCC(=O)C[C@H](O)C[C@H](O)CCC6CCCCC6)ccc5O)cc34)CCCC2)c1. The van der Waals surface area contributed by atoms with E-state index in [0.717, 1.165) is 54.1 Å². The first-order chi connectivity index (χ1) is 23.7. The molecule has 2 aliphatic rings. The van der Waals surface area contributed by atoms with Gasteiger partial charge < -0.3 is 41.1 Å². The number of aryl methyl sites for hydroxylation is 1. The molecule has 2 heterocycles. The fraction of sp³-hybridized carbons (Fsp3) is 0.525. The van der Waals surface area contributed by atoms with Gasteiger partial charge in [0.1, 0.15) is 5.78 Å². The summed E-state index contributed by atoms with van der Waals surface area (Å²) in [7, 11) is 0. The maximum atomic E-state index is 12.7. The number of nitrogens with zero attached hydrogens (tertiary/aromatic N) is 1. The molecule has 0 unspecified atom stereocenters. The van der Waals surface area contributed by atoms with Crippen molar-refractivity contribution in [3.8, 4) is 11.5 Å². The molecule has 9 heteroatoms. The van der Waals surface area contributed by atoms with E-state index in [4.69, 9.17) is 16.2 Å². The summed E-state index contributed by atoms with van der Waals surface area (Å²) in [5.41, 5.74) is 17.3. The van der Waals surface area contributed by atoms with Gasteiger partial charge in [0.15, 0.2) is 18.2 Å². The van der Waals surface area contributed by atoms with Gasteiger partial charge in [0, 0.05) is 42.2 Å². The lowest BCUT2D eigenvalue weighted by molar-refractivity contribution is -0.121. The predicted molar refractivity (Wildman–Crippen MR) is 192 cm³/mol. The second kappa shape index (κ2) is 15.9. The Bertz CT molecular complexity index is 1680. The van der Waals surface area contributed by atoms with Crippen LogP contribution in [0.25, 0.3) is 10.9 Å². The van der Waals surface area contributed by atoms with Gasteiger partial charge in [-0.3, -0.25) is 4.79 Å². The molecule has 2 aromatic heterocycles. The molecule has 8 N–H and O–H groups in total. The fourth-order valence-electron chi connectivity index (χ4n) is 8.31. The van der Waals surface area contributed by atoms with Crippen molar-refractivity contribution in [2.24, 2.45) is 17.4 Å². The molecule has 2 atom stereocenters. The van der Waals surface area contributed by atoms with E-state index in [1.54, 1.807) is 18.2 Å². The highest BCUT2D eigenvalue weighted by Gasteiger charge is 2.39. The molecule has 0 amide bonds. The summed E-state index contributed by atoms with van der Waals surface area (Å²) in [4.78, 5) is 16.1. The van der Waals surface area contributed by atoms with Gasteiger partial charge in [0.05, 0.1) is 23.9 Å². The number of carbonyl (C=O) groups excluding carboxylic acids is 1. The highest BCUT2D eigenvalue weighted by atomic mass is 16.5. The molecule has 2 aliphatic carbocycles. The zero-order valence-corrected chi connectivity index (χ0v) is 28.7. The third-order valence-electron chi connectivity index (χ3n) is 11.1. The zero-order valence-electron chi connectivity index (χ0n) is 28.7. The number of H-pyrrole nitrogens is 1. The van der Waals surface area contributed by atoms with Crippen LogP contribution in [0.15, 0.2) is 61.1 Å². The molecule has 0 radical (unpaired) electrons. The number of fused-ring (bicyclic) bond motifs is 1. The van der Waals surface area contributed by atoms with Gasteiger partial charge in [-0.2, -0.15) is 0 Å². The van der Waals surface area contributed by atoms with Crippen molar-refractivity contribution in [3.05, 3.63) is 83.3 Å². The zero-order chi connectivity index (χ0) is 34.4. The predicted octanol–water partition coefficient (Wildman–Crippen LogP) is 6.85. The summed E-state index contributed by atoms with van der Waals surface area (Å²) in [5.74, 6) is 1.03. The van der Waals surface area contributed by atoms with Crippen LogP contribution in [-0.4, -0.2) is 42.9 Å². The lowest BCUT2D eigenvalue weighted by atomic mass is 9.73. The van der Waals surface area contributed by atoms with Crippen molar-refractivity contribution in [2.45, 2.75) is 127 Å². The molecule has 49 heavy (non-hydrogen) atoms. The van der Waals surface area contributed by atoms with Crippen molar-refractivity contribution in [3.63, 3.8) is 0 Å². The standard InChI is InChI=1S/C40H54N4O5/c41-39(42)29-9-6-10-30(20-29)40(17-4-5-18-40)35-23-43-36-25-44(24-34(35)36)26-49-38-19-28(13-16-37(38)48)12-15-32(46)22-33(47)21-31(45)14-11-27-7-2-1-3-8-27/h6,9-10,13,16,19-20,23-25,27,31,33,39,43,45,47-48H,1-5,7-8,11-12,14-15,17-18,21-22,26,41-42H2/t31-,33-/m1/s1. The summed E-state index contributed by atoms with van der Waals surface area (Å²) >= 11 is 0. The number of rotatable bonds is 16. The van der Waals surface area contributed by atoms with E-state index in [1.807, 2.05) is 22.9 Å². The number of Topliss-reactive ketones (excluding diaryl/α,β-unsaturated/α-hetero) is 1. The molecule has 2 aromatic carbocycles. The molecule has 2 fully saturated rings. The number of aliphatic hydroxyl groups excluding tert-OH is 2. The summed E-state index contributed by atoms with van der Waals surface area (Å²) in [6.07, 6.45) is 17.8. The van der Waals surface area contributed by atoms with E-state index in [0.29, 0.717) is 24.5 Å². The minimum atomic E-state index is -0.835. The van der Waals surface area contributed by atoms with Crippen LogP contribution in [-0.2, 0) is 23.4 Å². The summed E-state index contributed by atoms with van der Waals surface area (Å²) in [6, 6.07) is 13.5. The van der Waals surface area contributed by atoms with Gasteiger partial charge in [0.25, 0.3) is 0 Å². The summed E-state index contributed by atoms with van der Waals surface area (Å²) < 4.78 is 8.05. The van der Waals surface area contributed by atoms with Crippen LogP contribution in [0.5, 0.6) is 11.5 Å². The molecule has 2 saturated carbocycles. The molecule has 0 saturated heterocycles. The molecule has 4 aromatic rings. The van der Waals surface area contributed by atoms with E-state index < -0.39 is 18.4 Å². The van der Waals surface area contributed by atoms with E-state index in [-0.39, 0.29) is 42.9 Å². The normalized spacial score (nSPS) is 17.9. The maximum Gasteiger partial charge on any atom is 0.165 e. The lowest BCUT2D eigenvalue weighted by Gasteiger charge is -2.30. The van der Waals surface area contributed by atoms with Crippen molar-refractivity contribution in [1.29, 1.82) is 0 Å². The van der Waals surface area contributed by atoms with Crippen LogP contribution >= 0.6 is 0 Å². The van der Waals surface area contributed by atoms with E-state index in [2.05, 4.69) is 29.5 Å². The first-order valence-corrected chi connectivity index (χ1v) is 18.3. The van der Waals surface area contributed by atoms with Crippen LogP contribution in [0, 0.1) is 5.92 Å². The topological polar surface area (TPSA) is 160 Å². The number of hydrogen-bond acceptors (Lipinski definition) is 7. The van der Waals surface area contributed by atoms with Crippen molar-refractivity contribution < 1.29 is 24.9 Å². The Morgan fingerprint density at radius 2 is 1.80 bits per heavy atom. The van der Waals surface area contributed by atoms with Crippen molar-refractivity contribution in [1.82, 2.24) is 9.55 Å². The number of benzene rings is 2. The first kappa shape index (κ1) is 35.2. The average Bonchev–Trinajstić information content (AvgIpc) is 3.84. The smallest absolute Gasteiger partial charge is 0.165 e.